The molecule has 0 bridgehead atoms. The number of carbonyl (C=O) groups excluding carboxylic acids is 1. The minimum atomic E-state index is 0.705. The molecule has 1 aromatic rings. The number of aldehydes is 1. The van der Waals surface area contributed by atoms with Crippen LogP contribution in [-0.4, -0.2) is 34.1 Å². The quantitative estimate of drug-likeness (QED) is 0.665. The predicted molar refractivity (Wildman–Crippen MR) is 53.1 cm³/mol. The van der Waals surface area contributed by atoms with Gasteiger partial charge in [-0.25, -0.2) is 0 Å². The molecule has 1 aromatic heterocycles. The fourth-order valence-electron chi connectivity index (χ4n) is 1.65. The highest BCUT2D eigenvalue weighted by Crippen LogP contribution is 2.26. The molecule has 1 heterocycles. The summed E-state index contributed by atoms with van der Waals surface area (Å²) in [5, 5.41) is 4.28. The molecule has 0 aliphatic heterocycles. The van der Waals surface area contributed by atoms with E-state index in [1.165, 1.54) is 12.8 Å². The SMILES string of the molecule is CN(Cc1nn(C)cc1C=O)C1CC1. The molecule has 0 atom stereocenters. The van der Waals surface area contributed by atoms with E-state index in [1.807, 2.05) is 7.05 Å². The van der Waals surface area contributed by atoms with Crippen molar-refractivity contribution < 1.29 is 4.79 Å². The van der Waals surface area contributed by atoms with Gasteiger partial charge in [-0.3, -0.25) is 14.4 Å². The van der Waals surface area contributed by atoms with E-state index in [0.717, 1.165) is 18.5 Å². The van der Waals surface area contributed by atoms with Gasteiger partial charge in [-0.05, 0) is 19.9 Å². The third-order valence-corrected chi connectivity index (χ3v) is 2.63. The monoisotopic (exact) mass is 193 g/mol. The Kier molecular flexibility index (Phi) is 2.37. The van der Waals surface area contributed by atoms with E-state index >= 15 is 0 Å². The summed E-state index contributed by atoms with van der Waals surface area (Å²) in [6.45, 7) is 0.777. The number of rotatable bonds is 4. The minimum Gasteiger partial charge on any atom is -0.298 e. The van der Waals surface area contributed by atoms with Crippen molar-refractivity contribution >= 4 is 6.29 Å². The van der Waals surface area contributed by atoms with E-state index in [9.17, 15) is 4.79 Å². The van der Waals surface area contributed by atoms with Crippen LogP contribution in [0.3, 0.4) is 0 Å². The number of carbonyl (C=O) groups is 1. The van der Waals surface area contributed by atoms with Crippen LogP contribution in [0.2, 0.25) is 0 Å². The fraction of sp³-hybridized carbons (Fsp3) is 0.600. The van der Waals surface area contributed by atoms with Gasteiger partial charge in [-0.15, -0.1) is 0 Å². The van der Waals surface area contributed by atoms with Crippen LogP contribution in [0.5, 0.6) is 0 Å². The third kappa shape index (κ3) is 1.85. The van der Waals surface area contributed by atoms with Crippen LogP contribution in [0.25, 0.3) is 0 Å². The Labute approximate surface area is 83.5 Å². The lowest BCUT2D eigenvalue weighted by atomic mass is 10.2. The maximum absolute atomic E-state index is 10.7. The topological polar surface area (TPSA) is 38.1 Å². The number of nitrogens with zero attached hydrogens (tertiary/aromatic N) is 3. The molecule has 1 saturated carbocycles. The first kappa shape index (κ1) is 9.40. The van der Waals surface area contributed by atoms with Gasteiger partial charge in [-0.1, -0.05) is 0 Å². The van der Waals surface area contributed by atoms with E-state index in [0.29, 0.717) is 11.6 Å². The van der Waals surface area contributed by atoms with Crippen molar-refractivity contribution in [3.05, 3.63) is 17.5 Å². The van der Waals surface area contributed by atoms with Gasteiger partial charge in [0.15, 0.2) is 6.29 Å². The van der Waals surface area contributed by atoms with Crippen molar-refractivity contribution in [1.29, 1.82) is 0 Å². The average Bonchev–Trinajstić information content (AvgIpc) is 2.92. The first-order chi connectivity index (χ1) is 6.70. The second-order valence-electron chi connectivity index (χ2n) is 3.97. The number of aromatic nitrogens is 2. The van der Waals surface area contributed by atoms with E-state index in [-0.39, 0.29) is 0 Å². The number of aryl methyl sites for hydroxylation is 1. The van der Waals surface area contributed by atoms with Crippen LogP contribution in [0, 0.1) is 0 Å². The van der Waals surface area contributed by atoms with Crippen molar-refractivity contribution in [3.63, 3.8) is 0 Å². The van der Waals surface area contributed by atoms with Crippen molar-refractivity contribution in [2.24, 2.45) is 7.05 Å². The van der Waals surface area contributed by atoms with E-state index in [4.69, 9.17) is 0 Å². The highest BCUT2D eigenvalue weighted by atomic mass is 16.1. The Bertz CT molecular complexity index is 341. The maximum atomic E-state index is 10.7. The molecule has 1 aliphatic rings. The van der Waals surface area contributed by atoms with Crippen LogP contribution in [-0.2, 0) is 13.6 Å². The fourth-order valence-corrected chi connectivity index (χ4v) is 1.65. The van der Waals surface area contributed by atoms with E-state index in [2.05, 4.69) is 17.0 Å². The van der Waals surface area contributed by atoms with Crippen molar-refractivity contribution in [2.75, 3.05) is 7.05 Å². The third-order valence-electron chi connectivity index (χ3n) is 2.63. The lowest BCUT2D eigenvalue weighted by Crippen LogP contribution is -2.21. The zero-order valence-corrected chi connectivity index (χ0v) is 8.60. The number of hydrogen-bond acceptors (Lipinski definition) is 3. The van der Waals surface area contributed by atoms with Crippen LogP contribution in [0.1, 0.15) is 28.9 Å². The second kappa shape index (κ2) is 3.53. The molecule has 0 saturated heterocycles. The smallest absolute Gasteiger partial charge is 0.153 e. The Hall–Kier alpha value is -1.16. The van der Waals surface area contributed by atoms with E-state index in [1.54, 1.807) is 10.9 Å². The van der Waals surface area contributed by atoms with Crippen LogP contribution in [0.15, 0.2) is 6.20 Å². The van der Waals surface area contributed by atoms with Gasteiger partial charge in [0.2, 0.25) is 0 Å². The molecule has 76 valence electrons. The van der Waals surface area contributed by atoms with Gasteiger partial charge in [0.05, 0.1) is 11.3 Å². The minimum absolute atomic E-state index is 0.705. The molecule has 0 amide bonds. The highest BCUT2D eigenvalue weighted by molar-refractivity contribution is 5.75. The first-order valence-corrected chi connectivity index (χ1v) is 4.88. The van der Waals surface area contributed by atoms with Gasteiger partial charge in [0, 0.05) is 25.8 Å². The Morgan fingerprint density at radius 2 is 2.43 bits per heavy atom. The summed E-state index contributed by atoms with van der Waals surface area (Å²) in [5.41, 5.74) is 1.59. The molecular formula is C10H15N3O. The lowest BCUT2D eigenvalue weighted by molar-refractivity contribution is 0.112. The highest BCUT2D eigenvalue weighted by Gasteiger charge is 2.26. The van der Waals surface area contributed by atoms with Crippen molar-refractivity contribution in [1.82, 2.24) is 14.7 Å². The van der Waals surface area contributed by atoms with Crippen molar-refractivity contribution in [3.8, 4) is 0 Å². The summed E-state index contributed by atoms with van der Waals surface area (Å²) in [6, 6.07) is 0.705. The van der Waals surface area contributed by atoms with Gasteiger partial charge in [0.1, 0.15) is 0 Å². The summed E-state index contributed by atoms with van der Waals surface area (Å²) in [5.74, 6) is 0. The lowest BCUT2D eigenvalue weighted by Gasteiger charge is -2.13. The largest absolute Gasteiger partial charge is 0.298 e. The molecule has 0 N–H and O–H groups in total. The van der Waals surface area contributed by atoms with Gasteiger partial charge in [-0.2, -0.15) is 5.10 Å². The number of hydrogen-bond donors (Lipinski definition) is 0. The van der Waals surface area contributed by atoms with Gasteiger partial charge >= 0.3 is 0 Å². The van der Waals surface area contributed by atoms with Crippen LogP contribution >= 0.6 is 0 Å². The maximum Gasteiger partial charge on any atom is 0.153 e. The Balaban J connectivity index is 2.09. The Morgan fingerprint density at radius 3 is 3.00 bits per heavy atom. The summed E-state index contributed by atoms with van der Waals surface area (Å²) in [6.07, 6.45) is 5.20. The standard InChI is InChI=1S/C10H15N3O/c1-12(9-3-4-9)6-10-8(7-14)5-13(2)11-10/h5,7,9H,3-4,6H2,1-2H3. The molecule has 2 rings (SSSR count). The van der Waals surface area contributed by atoms with Gasteiger partial charge in [0.25, 0.3) is 0 Å². The molecule has 1 aliphatic carbocycles. The molecule has 4 nitrogen and oxygen atoms in total. The summed E-state index contributed by atoms with van der Waals surface area (Å²) < 4.78 is 1.69. The molecule has 0 aromatic carbocycles. The summed E-state index contributed by atoms with van der Waals surface area (Å²) in [4.78, 5) is 13.0. The molecule has 1 fully saturated rings. The zero-order chi connectivity index (χ0) is 10.1. The molecular weight excluding hydrogens is 178 g/mol. The molecule has 14 heavy (non-hydrogen) atoms. The zero-order valence-electron chi connectivity index (χ0n) is 8.60. The second-order valence-corrected chi connectivity index (χ2v) is 3.97. The van der Waals surface area contributed by atoms with Crippen LogP contribution in [0.4, 0.5) is 0 Å². The molecule has 0 unspecified atom stereocenters. The molecule has 4 heteroatoms. The molecule has 0 spiro atoms. The average molecular weight is 193 g/mol. The summed E-state index contributed by atoms with van der Waals surface area (Å²) in [7, 11) is 3.93. The van der Waals surface area contributed by atoms with Gasteiger partial charge < -0.3 is 0 Å². The normalized spacial score (nSPS) is 16.2. The van der Waals surface area contributed by atoms with E-state index < -0.39 is 0 Å². The molecule has 0 radical (unpaired) electrons. The summed E-state index contributed by atoms with van der Waals surface area (Å²) >= 11 is 0. The van der Waals surface area contributed by atoms with Crippen LogP contribution < -0.4 is 0 Å². The first-order valence-electron chi connectivity index (χ1n) is 4.88. The van der Waals surface area contributed by atoms with Crippen molar-refractivity contribution in [2.45, 2.75) is 25.4 Å². The predicted octanol–water partition coefficient (Wildman–Crippen LogP) is 0.827. The Morgan fingerprint density at radius 1 is 1.71 bits per heavy atom.